The Bertz CT molecular complexity index is 726. The van der Waals surface area contributed by atoms with Crippen LogP contribution in [0.15, 0.2) is 41.6 Å². The molecular formula is C13H9ClN2O4S. The molecule has 0 radical (unpaired) electrons. The molecular weight excluding hydrogens is 316 g/mol. The number of carbonyl (C=O) groups excluding carboxylic acids is 1. The fraction of sp³-hybridized carbons (Fsp3) is 0.0769. The molecule has 1 aromatic carbocycles. The van der Waals surface area contributed by atoms with Crippen molar-refractivity contribution >= 4 is 40.3 Å². The van der Waals surface area contributed by atoms with Crippen LogP contribution in [0.3, 0.4) is 0 Å². The van der Waals surface area contributed by atoms with Crippen LogP contribution in [0.4, 0.5) is 5.69 Å². The molecule has 0 aliphatic rings. The largest absolute Gasteiger partial charge is 0.365 e. The molecule has 0 saturated carbocycles. The van der Waals surface area contributed by atoms with Crippen molar-refractivity contribution in [3.63, 3.8) is 0 Å². The minimum atomic E-state index is -0.763. The SMILES string of the molecule is C/C(=N/OC(=O)c1cccc([N+](=O)[O-])c1)c1ccc(Cl)s1. The fourth-order valence-electron chi connectivity index (χ4n) is 1.46. The summed E-state index contributed by atoms with van der Waals surface area (Å²) in [5, 5.41) is 14.4. The first-order valence-corrected chi connectivity index (χ1v) is 6.93. The minimum absolute atomic E-state index is 0.0601. The maximum absolute atomic E-state index is 11.8. The number of oxime groups is 1. The highest BCUT2D eigenvalue weighted by Gasteiger charge is 2.13. The molecule has 108 valence electrons. The van der Waals surface area contributed by atoms with Gasteiger partial charge in [0.25, 0.3) is 5.69 Å². The molecule has 0 aliphatic heterocycles. The predicted octanol–water partition coefficient (Wildman–Crippen LogP) is 3.89. The van der Waals surface area contributed by atoms with Gasteiger partial charge in [-0.3, -0.25) is 10.1 Å². The Hall–Kier alpha value is -2.25. The molecule has 0 N–H and O–H groups in total. The zero-order valence-electron chi connectivity index (χ0n) is 10.8. The van der Waals surface area contributed by atoms with E-state index in [0.717, 1.165) is 10.9 Å². The topological polar surface area (TPSA) is 81.8 Å². The number of nitro groups is 1. The van der Waals surface area contributed by atoms with Crippen LogP contribution in [0.25, 0.3) is 0 Å². The van der Waals surface area contributed by atoms with Crippen LogP contribution >= 0.6 is 22.9 Å². The van der Waals surface area contributed by atoms with Crippen molar-refractivity contribution in [3.8, 4) is 0 Å². The summed E-state index contributed by atoms with van der Waals surface area (Å²) in [6.07, 6.45) is 0. The lowest BCUT2D eigenvalue weighted by atomic mass is 10.2. The molecule has 0 atom stereocenters. The second-order valence-electron chi connectivity index (χ2n) is 3.97. The van der Waals surface area contributed by atoms with E-state index in [9.17, 15) is 14.9 Å². The first kappa shape index (κ1) is 15.1. The average Bonchev–Trinajstić information content (AvgIpc) is 2.91. The normalized spacial score (nSPS) is 11.2. The number of halogens is 1. The van der Waals surface area contributed by atoms with Crippen LogP contribution in [-0.4, -0.2) is 16.6 Å². The highest BCUT2D eigenvalue weighted by Crippen LogP contribution is 2.22. The molecule has 0 unspecified atom stereocenters. The standard InChI is InChI=1S/C13H9ClN2O4S/c1-8(11-5-6-12(14)21-11)15-20-13(17)9-3-2-4-10(7-9)16(18)19/h2-7H,1H3/b15-8-. The highest BCUT2D eigenvalue weighted by atomic mass is 35.5. The molecule has 2 aromatic rings. The van der Waals surface area contributed by atoms with Crippen LogP contribution in [0.2, 0.25) is 4.34 Å². The van der Waals surface area contributed by atoms with Crippen molar-refractivity contribution < 1.29 is 14.6 Å². The molecule has 2 rings (SSSR count). The van der Waals surface area contributed by atoms with Gasteiger partial charge in [-0.05, 0) is 25.1 Å². The van der Waals surface area contributed by atoms with E-state index in [0.29, 0.717) is 10.0 Å². The maximum Gasteiger partial charge on any atom is 0.365 e. The molecule has 1 heterocycles. The van der Waals surface area contributed by atoms with Crippen molar-refractivity contribution in [1.29, 1.82) is 0 Å². The summed E-state index contributed by atoms with van der Waals surface area (Å²) in [5.41, 5.74) is 0.367. The Morgan fingerprint density at radius 2 is 2.14 bits per heavy atom. The van der Waals surface area contributed by atoms with Gasteiger partial charge in [0.1, 0.15) is 0 Å². The number of hydrogen-bond acceptors (Lipinski definition) is 6. The number of hydrogen-bond donors (Lipinski definition) is 0. The third kappa shape index (κ3) is 3.87. The van der Waals surface area contributed by atoms with E-state index < -0.39 is 10.9 Å². The minimum Gasteiger partial charge on any atom is -0.313 e. The van der Waals surface area contributed by atoms with Gasteiger partial charge < -0.3 is 4.84 Å². The quantitative estimate of drug-likeness (QED) is 0.370. The van der Waals surface area contributed by atoms with Gasteiger partial charge in [0.15, 0.2) is 0 Å². The molecule has 8 heteroatoms. The lowest BCUT2D eigenvalue weighted by Crippen LogP contribution is -2.03. The summed E-state index contributed by atoms with van der Waals surface area (Å²) >= 11 is 7.11. The summed E-state index contributed by atoms with van der Waals surface area (Å²) in [7, 11) is 0. The smallest absolute Gasteiger partial charge is 0.313 e. The Kier molecular flexibility index (Phi) is 4.66. The molecule has 0 spiro atoms. The molecule has 0 bridgehead atoms. The van der Waals surface area contributed by atoms with Gasteiger partial charge >= 0.3 is 5.97 Å². The van der Waals surface area contributed by atoms with Crippen molar-refractivity contribution in [3.05, 3.63) is 61.3 Å². The van der Waals surface area contributed by atoms with Crippen molar-refractivity contribution in [1.82, 2.24) is 0 Å². The fourth-order valence-corrected chi connectivity index (χ4v) is 2.44. The second kappa shape index (κ2) is 6.47. The van der Waals surface area contributed by atoms with Crippen LogP contribution in [0.1, 0.15) is 22.2 Å². The third-order valence-corrected chi connectivity index (χ3v) is 3.83. The first-order chi connectivity index (χ1) is 9.97. The predicted molar refractivity (Wildman–Crippen MR) is 80.1 cm³/mol. The first-order valence-electron chi connectivity index (χ1n) is 5.73. The van der Waals surface area contributed by atoms with E-state index in [1.807, 2.05) is 0 Å². The summed E-state index contributed by atoms with van der Waals surface area (Å²) in [6.45, 7) is 1.67. The van der Waals surface area contributed by atoms with Crippen LogP contribution in [-0.2, 0) is 4.84 Å². The number of nitro benzene ring substituents is 1. The van der Waals surface area contributed by atoms with E-state index in [2.05, 4.69) is 5.16 Å². The molecule has 0 amide bonds. The Labute approximate surface area is 128 Å². The average molecular weight is 325 g/mol. The van der Waals surface area contributed by atoms with Gasteiger partial charge in [0.2, 0.25) is 0 Å². The van der Waals surface area contributed by atoms with Crippen LogP contribution in [0.5, 0.6) is 0 Å². The summed E-state index contributed by atoms with van der Waals surface area (Å²) in [6, 6.07) is 8.72. The molecule has 1 aromatic heterocycles. The number of non-ortho nitro benzene ring substituents is 1. The summed E-state index contributed by atoms with van der Waals surface area (Å²) in [5.74, 6) is -0.763. The van der Waals surface area contributed by atoms with Gasteiger partial charge in [-0.1, -0.05) is 22.8 Å². The molecule has 6 nitrogen and oxygen atoms in total. The van der Waals surface area contributed by atoms with E-state index >= 15 is 0 Å². The van der Waals surface area contributed by atoms with E-state index in [1.54, 1.807) is 19.1 Å². The number of nitrogens with zero attached hydrogens (tertiary/aromatic N) is 2. The lowest BCUT2D eigenvalue weighted by molar-refractivity contribution is -0.384. The molecule has 21 heavy (non-hydrogen) atoms. The van der Waals surface area contributed by atoms with Gasteiger partial charge in [-0.2, -0.15) is 0 Å². The van der Waals surface area contributed by atoms with Crippen LogP contribution in [0, 0.1) is 10.1 Å². The van der Waals surface area contributed by atoms with Gasteiger partial charge in [-0.25, -0.2) is 4.79 Å². The van der Waals surface area contributed by atoms with Crippen LogP contribution < -0.4 is 0 Å². The summed E-state index contributed by atoms with van der Waals surface area (Å²) in [4.78, 5) is 27.4. The van der Waals surface area contributed by atoms with E-state index in [1.165, 1.54) is 29.5 Å². The van der Waals surface area contributed by atoms with E-state index in [4.69, 9.17) is 16.4 Å². The second-order valence-corrected chi connectivity index (χ2v) is 5.68. The Morgan fingerprint density at radius 3 is 2.76 bits per heavy atom. The highest BCUT2D eigenvalue weighted by molar-refractivity contribution is 7.18. The van der Waals surface area contributed by atoms with Crippen molar-refractivity contribution in [2.75, 3.05) is 0 Å². The van der Waals surface area contributed by atoms with Gasteiger partial charge in [0.05, 0.1) is 25.4 Å². The number of thiophene rings is 1. The molecule has 0 fully saturated rings. The van der Waals surface area contributed by atoms with Gasteiger partial charge in [-0.15, -0.1) is 11.3 Å². The third-order valence-electron chi connectivity index (χ3n) is 2.49. The lowest BCUT2D eigenvalue weighted by Gasteiger charge is -1.99. The number of benzene rings is 1. The maximum atomic E-state index is 11.8. The summed E-state index contributed by atoms with van der Waals surface area (Å²) < 4.78 is 0.601. The van der Waals surface area contributed by atoms with E-state index in [-0.39, 0.29) is 11.3 Å². The van der Waals surface area contributed by atoms with Crippen molar-refractivity contribution in [2.45, 2.75) is 6.92 Å². The van der Waals surface area contributed by atoms with Gasteiger partial charge in [0, 0.05) is 12.1 Å². The zero-order valence-corrected chi connectivity index (χ0v) is 12.4. The zero-order chi connectivity index (χ0) is 15.4. The molecule has 0 saturated heterocycles. The number of carbonyl (C=O) groups is 1. The number of rotatable bonds is 4. The molecule has 0 aliphatic carbocycles. The monoisotopic (exact) mass is 324 g/mol. The van der Waals surface area contributed by atoms with Crippen molar-refractivity contribution in [2.24, 2.45) is 5.16 Å². The Balaban J connectivity index is 2.11. The Morgan fingerprint density at radius 1 is 1.38 bits per heavy atom.